The Morgan fingerprint density at radius 2 is 2.19 bits per heavy atom. The molecule has 0 saturated carbocycles. The van der Waals surface area contributed by atoms with Gasteiger partial charge in [0.2, 0.25) is 0 Å². The Balaban J connectivity index is 1.95. The third-order valence-corrected chi connectivity index (χ3v) is 3.50. The fourth-order valence-electron chi connectivity index (χ4n) is 2.38. The van der Waals surface area contributed by atoms with Crippen molar-refractivity contribution in [3.05, 3.63) is 35.6 Å². The molecule has 0 radical (unpaired) electrons. The fraction of sp³-hybridized carbons (Fsp3) is 0.562. The van der Waals surface area contributed by atoms with E-state index >= 15 is 0 Å². The summed E-state index contributed by atoms with van der Waals surface area (Å²) in [5.41, 5.74) is 1.06. The van der Waals surface area contributed by atoms with Gasteiger partial charge in [-0.05, 0) is 37.5 Å². The molecule has 2 rings (SSSR count). The highest BCUT2D eigenvalue weighted by atomic mass is 19.1. The molecule has 1 fully saturated rings. The van der Waals surface area contributed by atoms with Gasteiger partial charge in [0.1, 0.15) is 5.82 Å². The lowest BCUT2D eigenvalue weighted by atomic mass is 10.2. The second-order valence-corrected chi connectivity index (χ2v) is 5.31. The van der Waals surface area contributed by atoms with Gasteiger partial charge in [0.25, 0.3) is 0 Å². The summed E-state index contributed by atoms with van der Waals surface area (Å²) in [6.07, 6.45) is 2.46. The topological polar surface area (TPSA) is 36.9 Å². The van der Waals surface area contributed by atoms with Gasteiger partial charge >= 0.3 is 0 Å². The van der Waals surface area contributed by atoms with E-state index in [1.165, 1.54) is 12.1 Å². The number of ether oxygens (including phenoxy) is 1. The van der Waals surface area contributed by atoms with E-state index in [0.29, 0.717) is 13.1 Å². The van der Waals surface area contributed by atoms with E-state index in [4.69, 9.17) is 4.74 Å². The molecule has 1 unspecified atom stereocenters. The van der Waals surface area contributed by atoms with Crippen LogP contribution in [0.2, 0.25) is 0 Å². The highest BCUT2D eigenvalue weighted by Crippen LogP contribution is 2.12. The van der Waals surface area contributed by atoms with Gasteiger partial charge in [-0.3, -0.25) is 4.99 Å². The Morgan fingerprint density at radius 3 is 2.81 bits per heavy atom. The Kier molecular flexibility index (Phi) is 5.99. The summed E-state index contributed by atoms with van der Waals surface area (Å²) in [6, 6.07) is 6.57. The summed E-state index contributed by atoms with van der Waals surface area (Å²) < 4.78 is 18.5. The van der Waals surface area contributed by atoms with Gasteiger partial charge in [-0.2, -0.15) is 0 Å². The molecule has 1 aromatic rings. The predicted molar refractivity (Wildman–Crippen MR) is 82.8 cm³/mol. The van der Waals surface area contributed by atoms with Gasteiger partial charge in [0, 0.05) is 26.7 Å². The SMILES string of the molecule is CCNC(=NCC1CCCO1)N(C)Cc1ccc(F)cc1. The molecule has 1 atom stereocenters. The zero-order valence-corrected chi connectivity index (χ0v) is 12.8. The maximum Gasteiger partial charge on any atom is 0.194 e. The zero-order chi connectivity index (χ0) is 15.1. The largest absolute Gasteiger partial charge is 0.376 e. The highest BCUT2D eigenvalue weighted by molar-refractivity contribution is 5.79. The monoisotopic (exact) mass is 293 g/mol. The number of benzene rings is 1. The van der Waals surface area contributed by atoms with Crippen LogP contribution in [-0.2, 0) is 11.3 Å². The fourth-order valence-corrected chi connectivity index (χ4v) is 2.38. The van der Waals surface area contributed by atoms with Crippen LogP contribution in [0.4, 0.5) is 4.39 Å². The normalized spacial score (nSPS) is 18.8. The van der Waals surface area contributed by atoms with Gasteiger partial charge < -0.3 is 15.0 Å². The summed E-state index contributed by atoms with van der Waals surface area (Å²) in [6.45, 7) is 5.10. The van der Waals surface area contributed by atoms with Crippen LogP contribution < -0.4 is 5.32 Å². The molecule has 1 saturated heterocycles. The van der Waals surface area contributed by atoms with Gasteiger partial charge in [-0.15, -0.1) is 0 Å². The van der Waals surface area contributed by atoms with E-state index in [2.05, 4.69) is 10.3 Å². The average molecular weight is 293 g/mol. The number of guanidine groups is 1. The number of aliphatic imine (C=N–C) groups is 1. The number of hydrogen-bond acceptors (Lipinski definition) is 2. The van der Waals surface area contributed by atoms with E-state index in [9.17, 15) is 4.39 Å². The molecule has 4 nitrogen and oxygen atoms in total. The lowest BCUT2D eigenvalue weighted by Crippen LogP contribution is -2.39. The molecule has 1 aromatic carbocycles. The van der Waals surface area contributed by atoms with Gasteiger partial charge in [-0.25, -0.2) is 4.39 Å². The Hall–Kier alpha value is -1.62. The zero-order valence-electron chi connectivity index (χ0n) is 12.8. The van der Waals surface area contributed by atoms with Crippen LogP contribution in [0.1, 0.15) is 25.3 Å². The highest BCUT2D eigenvalue weighted by Gasteiger charge is 2.15. The molecular formula is C16H24FN3O. The number of halogens is 1. The van der Waals surface area contributed by atoms with Gasteiger partial charge in [0.15, 0.2) is 5.96 Å². The lowest BCUT2D eigenvalue weighted by Gasteiger charge is -2.22. The first-order valence-corrected chi connectivity index (χ1v) is 7.54. The van der Waals surface area contributed by atoms with Gasteiger partial charge in [0.05, 0.1) is 12.6 Å². The van der Waals surface area contributed by atoms with E-state index in [1.54, 1.807) is 12.1 Å². The Morgan fingerprint density at radius 1 is 1.43 bits per heavy atom. The number of nitrogens with one attached hydrogen (secondary N) is 1. The Labute approximate surface area is 126 Å². The number of hydrogen-bond donors (Lipinski definition) is 1. The molecule has 5 heteroatoms. The number of rotatable bonds is 5. The summed E-state index contributed by atoms with van der Waals surface area (Å²) >= 11 is 0. The predicted octanol–water partition coefficient (Wildman–Crippen LogP) is 2.40. The molecule has 0 aliphatic carbocycles. The standard InChI is InChI=1S/C16H24FN3O/c1-3-18-16(19-11-15-5-4-10-21-15)20(2)12-13-6-8-14(17)9-7-13/h6-9,15H,3-5,10-12H2,1-2H3,(H,18,19). The molecule has 1 heterocycles. The summed E-state index contributed by atoms with van der Waals surface area (Å²) in [5, 5.41) is 3.28. The number of nitrogens with zero attached hydrogens (tertiary/aromatic N) is 2. The summed E-state index contributed by atoms with van der Waals surface area (Å²) in [5.74, 6) is 0.651. The first kappa shape index (κ1) is 15.8. The molecule has 116 valence electrons. The van der Waals surface area contributed by atoms with Crippen molar-refractivity contribution in [1.82, 2.24) is 10.2 Å². The first-order valence-electron chi connectivity index (χ1n) is 7.54. The molecule has 21 heavy (non-hydrogen) atoms. The molecule has 0 bridgehead atoms. The van der Waals surface area contributed by atoms with Crippen molar-refractivity contribution in [2.24, 2.45) is 4.99 Å². The van der Waals surface area contributed by atoms with Crippen LogP contribution in [0.25, 0.3) is 0 Å². The molecule has 0 amide bonds. The third-order valence-electron chi connectivity index (χ3n) is 3.50. The van der Waals surface area contributed by atoms with Crippen molar-refractivity contribution in [3.63, 3.8) is 0 Å². The smallest absolute Gasteiger partial charge is 0.194 e. The second kappa shape index (κ2) is 7.98. The quantitative estimate of drug-likeness (QED) is 0.669. The van der Waals surface area contributed by atoms with Crippen molar-refractivity contribution in [2.75, 3.05) is 26.7 Å². The van der Waals surface area contributed by atoms with Crippen LogP contribution in [-0.4, -0.2) is 43.7 Å². The third kappa shape index (κ3) is 5.01. The van der Waals surface area contributed by atoms with Crippen molar-refractivity contribution in [2.45, 2.75) is 32.4 Å². The summed E-state index contributed by atoms with van der Waals surface area (Å²) in [7, 11) is 1.99. The van der Waals surface area contributed by atoms with E-state index in [0.717, 1.165) is 37.5 Å². The molecule has 0 aromatic heterocycles. The second-order valence-electron chi connectivity index (χ2n) is 5.31. The Bertz CT molecular complexity index is 455. The minimum absolute atomic E-state index is 0.208. The maximum atomic E-state index is 12.9. The minimum Gasteiger partial charge on any atom is -0.376 e. The minimum atomic E-state index is -0.208. The van der Waals surface area contributed by atoms with Crippen LogP contribution in [0.3, 0.4) is 0 Å². The van der Waals surface area contributed by atoms with Crippen molar-refractivity contribution >= 4 is 5.96 Å². The lowest BCUT2D eigenvalue weighted by molar-refractivity contribution is 0.117. The van der Waals surface area contributed by atoms with Crippen LogP contribution in [0.15, 0.2) is 29.3 Å². The van der Waals surface area contributed by atoms with E-state index in [1.807, 2.05) is 18.9 Å². The molecule has 0 spiro atoms. The van der Waals surface area contributed by atoms with Crippen LogP contribution in [0.5, 0.6) is 0 Å². The van der Waals surface area contributed by atoms with Crippen LogP contribution in [0, 0.1) is 5.82 Å². The average Bonchev–Trinajstić information content (AvgIpc) is 2.99. The van der Waals surface area contributed by atoms with Crippen LogP contribution >= 0.6 is 0 Å². The van der Waals surface area contributed by atoms with E-state index < -0.39 is 0 Å². The maximum absolute atomic E-state index is 12.9. The van der Waals surface area contributed by atoms with Gasteiger partial charge in [-0.1, -0.05) is 12.1 Å². The van der Waals surface area contributed by atoms with Crippen molar-refractivity contribution < 1.29 is 9.13 Å². The van der Waals surface area contributed by atoms with E-state index in [-0.39, 0.29) is 11.9 Å². The molecule has 1 aliphatic heterocycles. The summed E-state index contributed by atoms with van der Waals surface area (Å²) in [4.78, 5) is 6.69. The van der Waals surface area contributed by atoms with Crippen molar-refractivity contribution in [1.29, 1.82) is 0 Å². The van der Waals surface area contributed by atoms with Crippen molar-refractivity contribution in [3.8, 4) is 0 Å². The molecule has 1 aliphatic rings. The molecular weight excluding hydrogens is 269 g/mol. The molecule has 1 N–H and O–H groups in total. The first-order chi connectivity index (χ1) is 10.2.